The maximum absolute atomic E-state index is 5.08. The van der Waals surface area contributed by atoms with Crippen LogP contribution in [0.3, 0.4) is 0 Å². The molecule has 3 aromatic rings. The van der Waals surface area contributed by atoms with Crippen LogP contribution in [0.5, 0.6) is 0 Å². The van der Waals surface area contributed by atoms with Crippen molar-refractivity contribution >= 4 is 11.5 Å². The van der Waals surface area contributed by atoms with Crippen molar-refractivity contribution in [3.63, 3.8) is 0 Å². The summed E-state index contributed by atoms with van der Waals surface area (Å²) in [5.41, 5.74) is 4.21. The van der Waals surface area contributed by atoms with Crippen LogP contribution in [0.25, 0.3) is 5.65 Å². The van der Waals surface area contributed by atoms with Gasteiger partial charge in [0, 0.05) is 43.8 Å². The Morgan fingerprint density at radius 3 is 2.56 bits per heavy atom. The maximum atomic E-state index is 5.08. The monoisotopic (exact) mass is 340 g/mol. The van der Waals surface area contributed by atoms with Gasteiger partial charge in [0.05, 0.1) is 5.69 Å². The van der Waals surface area contributed by atoms with Crippen molar-refractivity contribution in [2.45, 2.75) is 47.0 Å². The summed E-state index contributed by atoms with van der Waals surface area (Å²) in [5, 5.41) is 8.73. The molecule has 4 rings (SSSR count). The highest BCUT2D eigenvalue weighted by Gasteiger charge is 2.24. The zero-order chi connectivity index (χ0) is 17.6. The normalized spacial score (nSPS) is 16.1. The summed E-state index contributed by atoms with van der Waals surface area (Å²) in [7, 11) is 0. The number of piperidine rings is 1. The molecular weight excluding hydrogens is 316 g/mol. The molecule has 1 aliphatic rings. The molecule has 0 aliphatic carbocycles. The highest BCUT2D eigenvalue weighted by Crippen LogP contribution is 2.27. The van der Waals surface area contributed by atoms with Crippen molar-refractivity contribution in [2.75, 3.05) is 18.0 Å². The van der Waals surface area contributed by atoms with E-state index in [1.54, 1.807) is 0 Å². The van der Waals surface area contributed by atoms with Gasteiger partial charge in [-0.25, -0.2) is 4.98 Å². The molecular formula is C18H24N6O. The molecule has 132 valence electrons. The molecule has 3 aromatic heterocycles. The number of nitrogens with zero attached hydrogens (tertiary/aromatic N) is 6. The van der Waals surface area contributed by atoms with Crippen LogP contribution in [0.1, 0.15) is 41.5 Å². The van der Waals surface area contributed by atoms with Crippen LogP contribution < -0.4 is 4.90 Å². The van der Waals surface area contributed by atoms with E-state index >= 15 is 0 Å². The minimum Gasteiger partial charge on any atom is -0.356 e. The van der Waals surface area contributed by atoms with E-state index < -0.39 is 0 Å². The first-order chi connectivity index (χ1) is 12.0. The van der Waals surface area contributed by atoms with E-state index in [0.717, 1.165) is 66.6 Å². The first-order valence-electron chi connectivity index (χ1n) is 8.89. The lowest BCUT2D eigenvalue weighted by atomic mass is 9.93. The van der Waals surface area contributed by atoms with Crippen LogP contribution in [-0.4, -0.2) is 37.8 Å². The van der Waals surface area contributed by atoms with Crippen molar-refractivity contribution < 1.29 is 4.52 Å². The second kappa shape index (κ2) is 6.13. The molecule has 0 atom stereocenters. The number of hydrogen-bond acceptors (Lipinski definition) is 6. The smallest absolute Gasteiger partial charge is 0.223 e. The lowest BCUT2D eigenvalue weighted by molar-refractivity contribution is 0.365. The van der Waals surface area contributed by atoms with Crippen molar-refractivity contribution in [1.82, 2.24) is 24.7 Å². The third-order valence-electron chi connectivity index (χ3n) is 5.15. The van der Waals surface area contributed by atoms with Crippen LogP contribution in [0.15, 0.2) is 10.6 Å². The number of aryl methyl sites for hydroxylation is 4. The molecule has 0 bridgehead atoms. The molecule has 1 aliphatic heterocycles. The molecule has 4 heterocycles. The van der Waals surface area contributed by atoms with Crippen molar-refractivity contribution in [2.24, 2.45) is 5.92 Å². The van der Waals surface area contributed by atoms with Gasteiger partial charge in [0.1, 0.15) is 5.82 Å². The van der Waals surface area contributed by atoms with Crippen LogP contribution >= 0.6 is 0 Å². The van der Waals surface area contributed by atoms with Crippen LogP contribution in [-0.2, 0) is 6.42 Å². The average Bonchev–Trinajstić information content (AvgIpc) is 3.12. The van der Waals surface area contributed by atoms with Gasteiger partial charge in [-0.2, -0.15) is 14.6 Å². The molecule has 7 nitrogen and oxygen atoms in total. The van der Waals surface area contributed by atoms with Crippen molar-refractivity contribution in [3.8, 4) is 0 Å². The number of aromatic nitrogens is 5. The Morgan fingerprint density at radius 2 is 1.88 bits per heavy atom. The predicted molar refractivity (Wildman–Crippen MR) is 94.9 cm³/mol. The molecule has 25 heavy (non-hydrogen) atoms. The molecule has 1 fully saturated rings. The molecule has 0 spiro atoms. The van der Waals surface area contributed by atoms with Crippen molar-refractivity contribution in [3.05, 3.63) is 34.7 Å². The molecule has 7 heteroatoms. The fourth-order valence-corrected chi connectivity index (χ4v) is 3.61. The Balaban J connectivity index is 1.52. The molecule has 1 saturated heterocycles. The standard InChI is InChI=1S/C18H24N6O/c1-11-9-17(24-18(19-11)12(2)13(3)21-24)23-7-5-15(6-8-23)10-16-20-14(4)25-22-16/h9,15H,5-8,10H2,1-4H3. The fourth-order valence-electron chi connectivity index (χ4n) is 3.61. The van der Waals surface area contributed by atoms with E-state index in [0.29, 0.717) is 11.8 Å². The largest absolute Gasteiger partial charge is 0.356 e. The van der Waals surface area contributed by atoms with Crippen molar-refractivity contribution in [1.29, 1.82) is 0 Å². The highest BCUT2D eigenvalue weighted by molar-refractivity contribution is 5.57. The Hall–Kier alpha value is -2.44. The van der Waals surface area contributed by atoms with Gasteiger partial charge in [0.2, 0.25) is 5.89 Å². The molecule has 0 saturated carbocycles. The second-order valence-electron chi connectivity index (χ2n) is 7.07. The third kappa shape index (κ3) is 2.99. The van der Waals surface area contributed by atoms with Gasteiger partial charge in [-0.3, -0.25) is 0 Å². The number of hydrogen-bond donors (Lipinski definition) is 0. The summed E-state index contributed by atoms with van der Waals surface area (Å²) < 4.78 is 7.08. The summed E-state index contributed by atoms with van der Waals surface area (Å²) in [6, 6.07) is 2.14. The zero-order valence-corrected chi connectivity index (χ0v) is 15.3. The molecule has 0 amide bonds. The topological polar surface area (TPSA) is 72.4 Å². The quantitative estimate of drug-likeness (QED) is 0.730. The third-order valence-corrected chi connectivity index (χ3v) is 5.15. The Kier molecular flexibility index (Phi) is 3.94. The Morgan fingerprint density at radius 1 is 1.12 bits per heavy atom. The number of anilines is 1. The van der Waals surface area contributed by atoms with Gasteiger partial charge >= 0.3 is 0 Å². The second-order valence-corrected chi connectivity index (χ2v) is 7.07. The van der Waals surface area contributed by atoms with Gasteiger partial charge in [-0.1, -0.05) is 5.16 Å². The minimum absolute atomic E-state index is 0.604. The highest BCUT2D eigenvalue weighted by atomic mass is 16.5. The first-order valence-corrected chi connectivity index (χ1v) is 8.89. The molecule has 0 N–H and O–H groups in total. The predicted octanol–water partition coefficient (Wildman–Crippen LogP) is 2.81. The van der Waals surface area contributed by atoms with Gasteiger partial charge in [-0.15, -0.1) is 0 Å². The zero-order valence-electron chi connectivity index (χ0n) is 15.3. The van der Waals surface area contributed by atoms with E-state index in [1.807, 2.05) is 18.4 Å². The van der Waals surface area contributed by atoms with E-state index in [1.165, 1.54) is 0 Å². The lowest BCUT2D eigenvalue weighted by Gasteiger charge is -2.33. The van der Waals surface area contributed by atoms with E-state index in [-0.39, 0.29) is 0 Å². The first kappa shape index (κ1) is 16.1. The summed E-state index contributed by atoms with van der Waals surface area (Å²) in [4.78, 5) is 11.4. The van der Waals surface area contributed by atoms with E-state index in [2.05, 4.69) is 39.9 Å². The number of fused-ring (bicyclic) bond motifs is 1. The molecule has 0 aromatic carbocycles. The van der Waals surface area contributed by atoms with Crippen LogP contribution in [0, 0.1) is 33.6 Å². The summed E-state index contributed by atoms with van der Waals surface area (Å²) >= 11 is 0. The maximum Gasteiger partial charge on any atom is 0.223 e. The SMILES string of the molecule is Cc1cc(N2CCC(Cc3noc(C)n3)CC2)n2nc(C)c(C)c2n1. The van der Waals surface area contributed by atoms with E-state index in [9.17, 15) is 0 Å². The van der Waals surface area contributed by atoms with Gasteiger partial charge in [0.25, 0.3) is 0 Å². The van der Waals surface area contributed by atoms with Crippen LogP contribution in [0.4, 0.5) is 5.82 Å². The Labute approximate surface area is 147 Å². The minimum atomic E-state index is 0.604. The molecule has 0 radical (unpaired) electrons. The van der Waals surface area contributed by atoms with Gasteiger partial charge in [-0.05, 0) is 39.5 Å². The summed E-state index contributed by atoms with van der Waals surface area (Å²) in [6.45, 7) is 10.0. The summed E-state index contributed by atoms with van der Waals surface area (Å²) in [6.07, 6.45) is 3.14. The molecule has 0 unspecified atom stereocenters. The van der Waals surface area contributed by atoms with Gasteiger partial charge in [0.15, 0.2) is 11.5 Å². The fraction of sp³-hybridized carbons (Fsp3) is 0.556. The Bertz CT molecular complexity index is 904. The van der Waals surface area contributed by atoms with Crippen LogP contribution in [0.2, 0.25) is 0 Å². The lowest BCUT2D eigenvalue weighted by Crippen LogP contribution is -2.35. The average molecular weight is 340 g/mol. The summed E-state index contributed by atoms with van der Waals surface area (Å²) in [5.74, 6) is 3.23. The van der Waals surface area contributed by atoms with Gasteiger partial charge < -0.3 is 9.42 Å². The number of rotatable bonds is 3. The van der Waals surface area contributed by atoms with E-state index in [4.69, 9.17) is 9.62 Å².